The Hall–Kier alpha value is -6.99. The molecule has 2 heterocycles. The fourth-order valence-electron chi connectivity index (χ4n) is 6.94. The Bertz CT molecular complexity index is 2410. The highest BCUT2D eigenvalue weighted by atomic mass is 16.5. The van der Waals surface area contributed by atoms with Crippen LogP contribution in [-0.2, 0) is 0 Å². The molecule has 52 heavy (non-hydrogen) atoms. The SMILES string of the molecule is COc1ccc(-c2nc(-c3ccc4c(c3)C(=O)c3cc(-c5[nH]c(-c6ccc(OC)cc6)nc5-c5ccccc5)ccc3-4)c(-c3ccccc3)[nH]2)cc1. The molecule has 0 saturated heterocycles. The van der Waals surface area contributed by atoms with Crippen LogP contribution < -0.4 is 9.47 Å². The maximum absolute atomic E-state index is 14.3. The molecular formula is C45H32N4O3. The molecule has 1 aliphatic rings. The van der Waals surface area contributed by atoms with Crippen LogP contribution >= 0.6 is 0 Å². The van der Waals surface area contributed by atoms with E-state index in [0.717, 1.165) is 90.4 Å². The number of aromatic nitrogens is 4. The van der Waals surface area contributed by atoms with Gasteiger partial charge < -0.3 is 19.4 Å². The second-order valence-corrected chi connectivity index (χ2v) is 12.7. The third-order valence-corrected chi connectivity index (χ3v) is 9.62. The molecule has 2 aromatic heterocycles. The van der Waals surface area contributed by atoms with Gasteiger partial charge in [0.1, 0.15) is 23.1 Å². The van der Waals surface area contributed by atoms with Gasteiger partial charge in [-0.05, 0) is 71.8 Å². The summed E-state index contributed by atoms with van der Waals surface area (Å²) in [6, 6.07) is 48.0. The molecule has 0 fully saturated rings. The van der Waals surface area contributed by atoms with Gasteiger partial charge in [0.05, 0.1) is 37.0 Å². The third kappa shape index (κ3) is 5.36. The molecule has 6 aromatic carbocycles. The zero-order valence-electron chi connectivity index (χ0n) is 28.5. The van der Waals surface area contributed by atoms with Crippen molar-refractivity contribution in [3.8, 4) is 90.4 Å². The number of hydrogen-bond donors (Lipinski definition) is 2. The lowest BCUT2D eigenvalue weighted by Crippen LogP contribution is -1.96. The lowest BCUT2D eigenvalue weighted by Gasteiger charge is -2.07. The molecule has 9 rings (SSSR count). The van der Waals surface area contributed by atoms with Crippen molar-refractivity contribution in [3.05, 3.63) is 157 Å². The topological polar surface area (TPSA) is 92.9 Å². The fraction of sp³-hybridized carbons (Fsp3) is 0.0444. The van der Waals surface area contributed by atoms with Crippen LogP contribution in [0.4, 0.5) is 0 Å². The Morgan fingerprint density at radius 1 is 0.423 bits per heavy atom. The van der Waals surface area contributed by atoms with Gasteiger partial charge in [-0.3, -0.25) is 4.79 Å². The number of ketones is 1. The molecule has 1 aliphatic carbocycles. The van der Waals surface area contributed by atoms with E-state index >= 15 is 0 Å². The summed E-state index contributed by atoms with van der Waals surface area (Å²) >= 11 is 0. The molecule has 0 amide bonds. The van der Waals surface area contributed by atoms with E-state index in [4.69, 9.17) is 19.4 Å². The average molecular weight is 677 g/mol. The van der Waals surface area contributed by atoms with Crippen LogP contribution in [0, 0.1) is 0 Å². The zero-order valence-corrected chi connectivity index (χ0v) is 28.5. The Labute approximate surface area is 300 Å². The van der Waals surface area contributed by atoms with E-state index in [9.17, 15) is 4.79 Å². The van der Waals surface area contributed by atoms with E-state index in [1.807, 2.05) is 121 Å². The number of aromatic amines is 2. The van der Waals surface area contributed by atoms with Crippen LogP contribution in [0.25, 0.3) is 78.9 Å². The first kappa shape index (κ1) is 31.0. The summed E-state index contributed by atoms with van der Waals surface area (Å²) in [6.07, 6.45) is 0. The van der Waals surface area contributed by atoms with E-state index in [0.29, 0.717) is 11.1 Å². The highest BCUT2D eigenvalue weighted by Gasteiger charge is 2.29. The molecule has 0 saturated carbocycles. The highest BCUT2D eigenvalue weighted by molar-refractivity contribution is 6.22. The molecule has 0 radical (unpaired) electrons. The number of rotatable bonds is 8. The molecule has 0 atom stereocenters. The number of nitrogens with zero attached hydrogens (tertiary/aromatic N) is 2. The molecule has 0 aliphatic heterocycles. The minimum Gasteiger partial charge on any atom is -0.497 e. The summed E-state index contributed by atoms with van der Waals surface area (Å²) in [5.41, 5.74) is 12.1. The zero-order chi connectivity index (χ0) is 35.2. The predicted molar refractivity (Wildman–Crippen MR) is 205 cm³/mol. The number of carbonyl (C=O) groups is 1. The van der Waals surface area contributed by atoms with E-state index in [1.165, 1.54) is 0 Å². The van der Waals surface area contributed by atoms with Crippen molar-refractivity contribution in [1.29, 1.82) is 0 Å². The Kier molecular flexibility index (Phi) is 7.59. The Morgan fingerprint density at radius 3 is 1.37 bits per heavy atom. The molecule has 7 heteroatoms. The second-order valence-electron chi connectivity index (χ2n) is 12.7. The third-order valence-electron chi connectivity index (χ3n) is 9.62. The van der Waals surface area contributed by atoms with Crippen LogP contribution in [0.1, 0.15) is 15.9 Å². The predicted octanol–water partition coefficient (Wildman–Crippen LogP) is 10.4. The lowest BCUT2D eigenvalue weighted by atomic mass is 9.98. The molecule has 2 N–H and O–H groups in total. The minimum atomic E-state index is -0.0166. The number of hydrogen-bond acceptors (Lipinski definition) is 5. The van der Waals surface area contributed by atoms with Crippen molar-refractivity contribution in [3.63, 3.8) is 0 Å². The molecule has 0 spiro atoms. The van der Waals surface area contributed by atoms with Crippen LogP contribution in [0.3, 0.4) is 0 Å². The number of imidazole rings is 2. The molecule has 8 aromatic rings. The van der Waals surface area contributed by atoms with Crippen molar-refractivity contribution in [2.75, 3.05) is 14.2 Å². The molecule has 0 bridgehead atoms. The van der Waals surface area contributed by atoms with E-state index in [1.54, 1.807) is 14.2 Å². The fourth-order valence-corrected chi connectivity index (χ4v) is 6.94. The summed E-state index contributed by atoms with van der Waals surface area (Å²) in [6.45, 7) is 0. The summed E-state index contributed by atoms with van der Waals surface area (Å²) in [5.74, 6) is 3.01. The average Bonchev–Trinajstić information content (AvgIpc) is 3.94. The first-order chi connectivity index (χ1) is 25.6. The standard InChI is InChI=1S/C45H32N4O3/c1-51-33-19-13-29(14-20-33)44-46-39(27-9-5-3-6-10-27)41(48-44)31-17-23-35-36-24-18-32(26-38(36)43(50)37(35)25-31)42-40(28-11-7-4-8-12-28)47-45(49-42)30-15-21-34(52-2)22-16-30/h3-26H,1-2H3,(H,46,48)(H,47,49). The molecule has 250 valence electrons. The van der Waals surface area contributed by atoms with Gasteiger partial charge in [0.15, 0.2) is 5.78 Å². The quantitative estimate of drug-likeness (QED) is 0.167. The number of ether oxygens (including phenoxy) is 2. The molecule has 0 unspecified atom stereocenters. The largest absolute Gasteiger partial charge is 0.497 e. The van der Waals surface area contributed by atoms with Gasteiger partial charge in [0, 0.05) is 44.5 Å². The number of fused-ring (bicyclic) bond motifs is 3. The molecule has 7 nitrogen and oxygen atoms in total. The van der Waals surface area contributed by atoms with Gasteiger partial charge in [-0.1, -0.05) is 84.9 Å². The van der Waals surface area contributed by atoms with Gasteiger partial charge in [0.25, 0.3) is 0 Å². The summed E-state index contributed by atoms with van der Waals surface area (Å²) in [4.78, 5) is 31.5. The molecular weight excluding hydrogens is 645 g/mol. The van der Waals surface area contributed by atoms with E-state index in [2.05, 4.69) is 34.2 Å². The van der Waals surface area contributed by atoms with Crippen molar-refractivity contribution < 1.29 is 14.3 Å². The maximum atomic E-state index is 14.3. The number of benzene rings is 6. The Morgan fingerprint density at radius 2 is 0.846 bits per heavy atom. The summed E-state index contributed by atoms with van der Waals surface area (Å²) < 4.78 is 10.7. The van der Waals surface area contributed by atoms with Crippen molar-refractivity contribution in [2.45, 2.75) is 0 Å². The first-order valence-corrected chi connectivity index (χ1v) is 17.0. The number of H-pyrrole nitrogens is 2. The van der Waals surface area contributed by atoms with Gasteiger partial charge >= 0.3 is 0 Å². The smallest absolute Gasteiger partial charge is 0.194 e. The van der Waals surface area contributed by atoms with Crippen LogP contribution in [-0.4, -0.2) is 39.9 Å². The summed E-state index contributed by atoms with van der Waals surface area (Å²) in [7, 11) is 3.31. The van der Waals surface area contributed by atoms with E-state index < -0.39 is 0 Å². The normalized spacial score (nSPS) is 11.7. The maximum Gasteiger partial charge on any atom is 0.194 e. The first-order valence-electron chi connectivity index (χ1n) is 17.0. The van der Waals surface area contributed by atoms with Crippen LogP contribution in [0.2, 0.25) is 0 Å². The number of methoxy groups -OCH3 is 2. The van der Waals surface area contributed by atoms with Crippen LogP contribution in [0.5, 0.6) is 11.5 Å². The van der Waals surface area contributed by atoms with Crippen molar-refractivity contribution in [1.82, 2.24) is 19.9 Å². The minimum absolute atomic E-state index is 0.0166. The van der Waals surface area contributed by atoms with Crippen molar-refractivity contribution >= 4 is 5.78 Å². The Balaban J connectivity index is 1.11. The van der Waals surface area contributed by atoms with Crippen molar-refractivity contribution in [2.24, 2.45) is 0 Å². The monoisotopic (exact) mass is 676 g/mol. The van der Waals surface area contributed by atoms with Gasteiger partial charge in [0.2, 0.25) is 0 Å². The number of carbonyl (C=O) groups excluding carboxylic acids is 1. The number of nitrogens with one attached hydrogen (secondary N) is 2. The van der Waals surface area contributed by atoms with E-state index in [-0.39, 0.29) is 5.78 Å². The van der Waals surface area contributed by atoms with Gasteiger partial charge in [-0.15, -0.1) is 0 Å². The lowest BCUT2D eigenvalue weighted by molar-refractivity contribution is 0.104. The highest BCUT2D eigenvalue weighted by Crippen LogP contribution is 2.43. The summed E-state index contributed by atoms with van der Waals surface area (Å²) in [5, 5.41) is 0. The van der Waals surface area contributed by atoms with Crippen LogP contribution in [0.15, 0.2) is 146 Å². The van der Waals surface area contributed by atoms with Gasteiger partial charge in [-0.2, -0.15) is 0 Å². The second kappa shape index (κ2) is 12.7. The van der Waals surface area contributed by atoms with Gasteiger partial charge in [-0.25, -0.2) is 9.97 Å².